The Kier molecular flexibility index (Phi) is 3.12. The van der Waals surface area contributed by atoms with Crippen molar-refractivity contribution in [2.45, 2.75) is 51.0 Å². The van der Waals surface area contributed by atoms with Crippen LogP contribution >= 0.6 is 0 Å². The molecule has 0 spiro atoms. The zero-order valence-electron chi connectivity index (χ0n) is 10.6. The van der Waals surface area contributed by atoms with E-state index in [0.717, 1.165) is 24.8 Å². The molecule has 0 aromatic rings. The molecule has 1 amide bonds. The van der Waals surface area contributed by atoms with E-state index < -0.39 is 0 Å². The monoisotopic (exact) mass is 236 g/mol. The maximum Gasteiger partial charge on any atom is 0.226 e. The lowest BCUT2D eigenvalue weighted by molar-refractivity contribution is -0.137. The fourth-order valence-electron chi connectivity index (χ4n) is 4.16. The molecule has 96 valence electrons. The van der Waals surface area contributed by atoms with Crippen LogP contribution in [0.5, 0.6) is 0 Å². The molecule has 2 saturated carbocycles. The molecule has 0 aromatic carbocycles. The van der Waals surface area contributed by atoms with Gasteiger partial charge in [0.1, 0.15) is 0 Å². The van der Waals surface area contributed by atoms with Crippen molar-refractivity contribution in [3.8, 4) is 0 Å². The highest BCUT2D eigenvalue weighted by Crippen LogP contribution is 2.58. The average Bonchev–Trinajstić information content (AvgIpc) is 2.82. The molecule has 0 aromatic heterocycles. The van der Waals surface area contributed by atoms with Gasteiger partial charge in [-0.3, -0.25) is 4.79 Å². The largest absolute Gasteiger partial charge is 0.339 e. The number of hydrogen-bond donors (Lipinski definition) is 1. The van der Waals surface area contributed by atoms with E-state index in [9.17, 15) is 4.79 Å². The molecule has 0 radical (unpaired) electrons. The maximum atomic E-state index is 12.5. The summed E-state index contributed by atoms with van der Waals surface area (Å²) in [5, 5.41) is 0. The number of likely N-dealkylation sites (tertiary alicyclic amines) is 1. The lowest BCUT2D eigenvalue weighted by Crippen LogP contribution is -2.45. The summed E-state index contributed by atoms with van der Waals surface area (Å²) in [5.41, 5.74) is 5.67. The summed E-state index contributed by atoms with van der Waals surface area (Å²) >= 11 is 0. The summed E-state index contributed by atoms with van der Waals surface area (Å²) < 4.78 is 0. The van der Waals surface area contributed by atoms with Gasteiger partial charge < -0.3 is 10.6 Å². The predicted octanol–water partition coefficient (Wildman–Crippen LogP) is 1.76. The van der Waals surface area contributed by atoms with Crippen LogP contribution in [0.1, 0.15) is 44.9 Å². The Morgan fingerprint density at radius 1 is 1.12 bits per heavy atom. The summed E-state index contributed by atoms with van der Waals surface area (Å²) in [6, 6.07) is 0.447. The molecule has 3 aliphatic rings. The quantitative estimate of drug-likeness (QED) is 0.811. The molecule has 2 aliphatic carbocycles. The van der Waals surface area contributed by atoms with Crippen LogP contribution in [0.4, 0.5) is 0 Å². The lowest BCUT2D eigenvalue weighted by Gasteiger charge is -2.36. The molecule has 3 atom stereocenters. The van der Waals surface area contributed by atoms with Crippen LogP contribution in [0.2, 0.25) is 0 Å². The Hall–Kier alpha value is -0.570. The summed E-state index contributed by atoms with van der Waals surface area (Å²) in [4.78, 5) is 14.7. The van der Waals surface area contributed by atoms with E-state index in [4.69, 9.17) is 5.73 Å². The Labute approximate surface area is 104 Å². The standard InChI is InChI=1S/C14H24N2O/c15-8-7-10-4-1-2-9-16(10)14(17)13-11-5-3-6-12(11)13/h10-13H,1-9,15H2. The molecule has 17 heavy (non-hydrogen) atoms. The van der Waals surface area contributed by atoms with Gasteiger partial charge in [-0.25, -0.2) is 0 Å². The Morgan fingerprint density at radius 3 is 2.59 bits per heavy atom. The zero-order chi connectivity index (χ0) is 11.8. The van der Waals surface area contributed by atoms with Gasteiger partial charge in [-0.05, 0) is 56.9 Å². The maximum absolute atomic E-state index is 12.5. The molecular weight excluding hydrogens is 212 g/mol. The highest BCUT2D eigenvalue weighted by Gasteiger charge is 2.57. The predicted molar refractivity (Wildman–Crippen MR) is 67.3 cm³/mol. The molecule has 1 aliphatic heterocycles. The van der Waals surface area contributed by atoms with Crippen molar-refractivity contribution in [3.05, 3.63) is 0 Å². The van der Waals surface area contributed by atoms with Crippen LogP contribution in [0.3, 0.4) is 0 Å². The first kappa shape index (κ1) is 11.5. The zero-order valence-corrected chi connectivity index (χ0v) is 10.6. The van der Waals surface area contributed by atoms with Gasteiger partial charge in [0.2, 0.25) is 5.91 Å². The van der Waals surface area contributed by atoms with Crippen LogP contribution < -0.4 is 5.73 Å². The van der Waals surface area contributed by atoms with Gasteiger partial charge in [0, 0.05) is 18.5 Å². The third kappa shape index (κ3) is 1.99. The van der Waals surface area contributed by atoms with Gasteiger partial charge in [0.15, 0.2) is 0 Å². The van der Waals surface area contributed by atoms with Crippen LogP contribution in [0.15, 0.2) is 0 Å². The second-order valence-electron chi connectivity index (χ2n) is 6.04. The number of carbonyl (C=O) groups excluding carboxylic acids is 1. The average molecular weight is 236 g/mol. The highest BCUT2D eigenvalue weighted by molar-refractivity contribution is 5.83. The number of fused-ring (bicyclic) bond motifs is 1. The van der Waals surface area contributed by atoms with Crippen molar-refractivity contribution >= 4 is 5.91 Å². The fraction of sp³-hybridized carbons (Fsp3) is 0.929. The van der Waals surface area contributed by atoms with Crippen LogP contribution in [0, 0.1) is 17.8 Å². The Balaban J connectivity index is 1.63. The van der Waals surface area contributed by atoms with Crippen LogP contribution in [-0.4, -0.2) is 29.9 Å². The first-order valence-electron chi connectivity index (χ1n) is 7.33. The molecule has 3 heteroatoms. The van der Waals surface area contributed by atoms with E-state index in [1.54, 1.807) is 0 Å². The number of amides is 1. The van der Waals surface area contributed by atoms with Crippen molar-refractivity contribution in [3.63, 3.8) is 0 Å². The van der Waals surface area contributed by atoms with E-state index in [1.165, 1.54) is 38.5 Å². The minimum absolute atomic E-state index is 0.405. The molecule has 3 rings (SSSR count). The van der Waals surface area contributed by atoms with Gasteiger partial charge >= 0.3 is 0 Å². The van der Waals surface area contributed by atoms with Gasteiger partial charge in [-0.1, -0.05) is 6.42 Å². The van der Waals surface area contributed by atoms with E-state index in [0.29, 0.717) is 24.4 Å². The number of hydrogen-bond acceptors (Lipinski definition) is 2. The SMILES string of the molecule is NCCC1CCCCN1C(=O)C1C2CCCC21. The van der Waals surface area contributed by atoms with Crippen molar-refractivity contribution in [2.24, 2.45) is 23.5 Å². The van der Waals surface area contributed by atoms with Crippen molar-refractivity contribution in [2.75, 3.05) is 13.1 Å². The highest BCUT2D eigenvalue weighted by atomic mass is 16.2. The second-order valence-corrected chi connectivity index (χ2v) is 6.04. The topological polar surface area (TPSA) is 46.3 Å². The third-order valence-electron chi connectivity index (χ3n) is 5.10. The minimum atomic E-state index is 0.405. The van der Waals surface area contributed by atoms with E-state index in [1.807, 2.05) is 0 Å². The smallest absolute Gasteiger partial charge is 0.226 e. The summed E-state index contributed by atoms with van der Waals surface area (Å²) in [5.74, 6) is 2.38. The summed E-state index contributed by atoms with van der Waals surface area (Å²) in [7, 11) is 0. The normalized spacial score (nSPS) is 40.2. The molecule has 1 heterocycles. The number of nitrogens with two attached hydrogens (primary N) is 1. The van der Waals surface area contributed by atoms with Crippen molar-refractivity contribution in [1.82, 2.24) is 4.90 Å². The van der Waals surface area contributed by atoms with Crippen LogP contribution in [-0.2, 0) is 4.79 Å². The van der Waals surface area contributed by atoms with E-state index in [-0.39, 0.29) is 0 Å². The Bertz CT molecular complexity index is 293. The lowest BCUT2D eigenvalue weighted by atomic mass is 9.98. The molecule has 3 nitrogen and oxygen atoms in total. The third-order valence-corrected chi connectivity index (χ3v) is 5.10. The van der Waals surface area contributed by atoms with E-state index in [2.05, 4.69) is 4.90 Å². The number of nitrogens with zero attached hydrogens (tertiary/aromatic N) is 1. The van der Waals surface area contributed by atoms with Crippen molar-refractivity contribution in [1.29, 1.82) is 0 Å². The molecule has 1 saturated heterocycles. The first-order chi connectivity index (χ1) is 8.33. The summed E-state index contributed by atoms with van der Waals surface area (Å²) in [6.07, 6.45) is 8.58. The van der Waals surface area contributed by atoms with Gasteiger partial charge in [-0.15, -0.1) is 0 Å². The molecule has 0 bridgehead atoms. The molecular formula is C14H24N2O. The molecule has 3 unspecified atom stereocenters. The summed E-state index contributed by atoms with van der Waals surface area (Å²) in [6.45, 7) is 1.70. The number of rotatable bonds is 3. The fourth-order valence-corrected chi connectivity index (χ4v) is 4.16. The Morgan fingerprint density at radius 2 is 1.88 bits per heavy atom. The second kappa shape index (κ2) is 4.60. The van der Waals surface area contributed by atoms with Gasteiger partial charge in [0.25, 0.3) is 0 Å². The molecule has 3 fully saturated rings. The minimum Gasteiger partial charge on any atom is -0.339 e. The molecule has 2 N–H and O–H groups in total. The van der Waals surface area contributed by atoms with Crippen LogP contribution in [0.25, 0.3) is 0 Å². The van der Waals surface area contributed by atoms with Gasteiger partial charge in [0.05, 0.1) is 0 Å². The van der Waals surface area contributed by atoms with E-state index >= 15 is 0 Å². The number of piperidine rings is 1. The number of carbonyl (C=O) groups is 1. The van der Waals surface area contributed by atoms with Crippen molar-refractivity contribution < 1.29 is 4.79 Å². The first-order valence-corrected chi connectivity index (χ1v) is 7.33. The van der Waals surface area contributed by atoms with Gasteiger partial charge in [-0.2, -0.15) is 0 Å².